The van der Waals surface area contributed by atoms with E-state index in [4.69, 9.17) is 4.99 Å². The van der Waals surface area contributed by atoms with E-state index in [1.165, 1.54) is 48.3 Å². The van der Waals surface area contributed by atoms with E-state index in [2.05, 4.69) is 102 Å². The van der Waals surface area contributed by atoms with Gasteiger partial charge in [0, 0.05) is 24.5 Å². The molecule has 0 saturated carbocycles. The lowest BCUT2D eigenvalue weighted by Crippen LogP contribution is -2.34. The summed E-state index contributed by atoms with van der Waals surface area (Å²) < 4.78 is 0. The molecule has 0 radical (unpaired) electrons. The number of thiophene rings is 1. The molecule has 0 amide bonds. The Hall–Kier alpha value is -3.43. The van der Waals surface area contributed by atoms with Crippen LogP contribution in [-0.2, 0) is 6.54 Å². The number of rotatable bonds is 4. The summed E-state index contributed by atoms with van der Waals surface area (Å²) in [6, 6.07) is 26.7. The molecule has 0 unspecified atom stereocenters. The van der Waals surface area contributed by atoms with E-state index < -0.39 is 0 Å². The highest BCUT2D eigenvalue weighted by Crippen LogP contribution is 2.33. The quantitative estimate of drug-likeness (QED) is 0.257. The summed E-state index contributed by atoms with van der Waals surface area (Å²) in [7, 11) is 0. The molecule has 4 aromatic carbocycles. The lowest BCUT2D eigenvalue weighted by molar-refractivity contribution is 0.392. The molecule has 0 saturated heterocycles. The second-order valence-electron chi connectivity index (χ2n) is 8.78. The number of hydrogen-bond donors (Lipinski definition) is 0. The predicted octanol–water partition coefficient (Wildman–Crippen LogP) is 7.83. The van der Waals surface area contributed by atoms with Crippen LogP contribution in [0.1, 0.15) is 22.4 Å². The van der Waals surface area contributed by atoms with Gasteiger partial charge in [-0.2, -0.15) is 0 Å². The molecule has 33 heavy (non-hydrogen) atoms. The molecular formula is C30H26N2S. The molecule has 0 bridgehead atoms. The van der Waals surface area contributed by atoms with E-state index >= 15 is 0 Å². The van der Waals surface area contributed by atoms with Gasteiger partial charge in [0.25, 0.3) is 0 Å². The Morgan fingerprint density at radius 3 is 2.52 bits per heavy atom. The minimum absolute atomic E-state index is 0.878. The van der Waals surface area contributed by atoms with Crippen LogP contribution < -0.4 is 0 Å². The highest BCUT2D eigenvalue weighted by molar-refractivity contribution is 7.11. The normalized spacial score (nSPS) is 14.6. The molecule has 0 aliphatic carbocycles. The molecule has 0 spiro atoms. The zero-order chi connectivity index (χ0) is 22.2. The second kappa shape index (κ2) is 8.49. The number of nitrogens with zero attached hydrogens (tertiary/aromatic N) is 2. The zero-order valence-electron chi connectivity index (χ0n) is 18.8. The molecule has 1 aliphatic rings. The van der Waals surface area contributed by atoms with E-state index in [9.17, 15) is 0 Å². The van der Waals surface area contributed by atoms with Crippen LogP contribution in [0.4, 0.5) is 0 Å². The molecule has 2 heterocycles. The third kappa shape index (κ3) is 3.73. The van der Waals surface area contributed by atoms with Crippen LogP contribution in [0.2, 0.25) is 0 Å². The fourth-order valence-corrected chi connectivity index (χ4v) is 5.78. The van der Waals surface area contributed by atoms with E-state index in [1.54, 1.807) is 11.3 Å². The minimum Gasteiger partial charge on any atom is -0.353 e. The van der Waals surface area contributed by atoms with Crippen LogP contribution in [0.5, 0.6) is 0 Å². The molecule has 0 N–H and O–H groups in total. The number of benzene rings is 4. The molecular weight excluding hydrogens is 420 g/mol. The van der Waals surface area contributed by atoms with Crippen LogP contribution >= 0.6 is 11.3 Å². The topological polar surface area (TPSA) is 15.6 Å². The van der Waals surface area contributed by atoms with Crippen molar-refractivity contribution >= 4 is 55.6 Å². The fraction of sp³-hybridized carbons (Fsp3) is 0.167. The van der Waals surface area contributed by atoms with Crippen molar-refractivity contribution in [2.75, 3.05) is 13.1 Å². The van der Waals surface area contributed by atoms with E-state index in [0.717, 1.165) is 31.9 Å². The summed E-state index contributed by atoms with van der Waals surface area (Å²) in [5, 5.41) is 10.1. The van der Waals surface area contributed by atoms with Gasteiger partial charge < -0.3 is 4.90 Å². The maximum atomic E-state index is 4.86. The smallest absolute Gasteiger partial charge is 0.123 e. The molecule has 6 rings (SSSR count). The molecule has 0 fully saturated rings. The van der Waals surface area contributed by atoms with Crippen molar-refractivity contribution in [2.45, 2.75) is 19.9 Å². The van der Waals surface area contributed by atoms with Crippen molar-refractivity contribution in [2.24, 2.45) is 4.99 Å². The number of aliphatic imine (C=N–C) groups is 1. The maximum absolute atomic E-state index is 4.86. The van der Waals surface area contributed by atoms with E-state index in [-0.39, 0.29) is 0 Å². The first-order valence-electron chi connectivity index (χ1n) is 11.6. The van der Waals surface area contributed by atoms with Crippen LogP contribution in [0.3, 0.4) is 0 Å². The minimum atomic E-state index is 0.878. The molecule has 2 nitrogen and oxygen atoms in total. The number of aryl methyl sites for hydroxylation is 1. The first-order valence-corrected chi connectivity index (χ1v) is 12.5. The van der Waals surface area contributed by atoms with Gasteiger partial charge in [0.2, 0.25) is 0 Å². The predicted molar refractivity (Wildman–Crippen MR) is 144 cm³/mol. The van der Waals surface area contributed by atoms with Gasteiger partial charge in [-0.25, -0.2) is 0 Å². The highest BCUT2D eigenvalue weighted by Gasteiger charge is 2.16. The van der Waals surface area contributed by atoms with Gasteiger partial charge in [-0.3, -0.25) is 4.99 Å². The van der Waals surface area contributed by atoms with Crippen molar-refractivity contribution < 1.29 is 0 Å². The van der Waals surface area contributed by atoms with Crippen LogP contribution in [0.25, 0.3) is 38.4 Å². The second-order valence-corrected chi connectivity index (χ2v) is 9.72. The Labute approximate surface area is 198 Å². The van der Waals surface area contributed by atoms with Gasteiger partial charge in [-0.05, 0) is 80.4 Å². The Kier molecular flexibility index (Phi) is 5.20. The standard InChI is InChI=1S/C30H26N2S/c1-21-16-19-33-29(21)14-15-30-31-17-5-18-32(30)20-23-7-4-9-26-25(23)12-13-27-24-8-3-2-6-22(24)10-11-28(26)27/h2-4,6-16,19H,5,17-18,20H2,1H3. The van der Waals surface area contributed by atoms with Gasteiger partial charge in [-0.15, -0.1) is 11.3 Å². The molecule has 1 aliphatic heterocycles. The van der Waals surface area contributed by atoms with Crippen molar-refractivity contribution in [1.82, 2.24) is 4.90 Å². The maximum Gasteiger partial charge on any atom is 0.123 e. The van der Waals surface area contributed by atoms with Crippen LogP contribution in [0, 0.1) is 6.92 Å². The molecule has 5 aromatic rings. The lowest BCUT2D eigenvalue weighted by atomic mass is 9.95. The Balaban J connectivity index is 1.38. The Morgan fingerprint density at radius 2 is 1.61 bits per heavy atom. The largest absolute Gasteiger partial charge is 0.353 e. The van der Waals surface area contributed by atoms with Gasteiger partial charge in [0.15, 0.2) is 0 Å². The van der Waals surface area contributed by atoms with E-state index in [1.807, 2.05) is 0 Å². The first kappa shape index (κ1) is 20.2. The van der Waals surface area contributed by atoms with E-state index in [0.29, 0.717) is 0 Å². The Morgan fingerprint density at radius 1 is 0.818 bits per heavy atom. The van der Waals surface area contributed by atoms with Gasteiger partial charge >= 0.3 is 0 Å². The summed E-state index contributed by atoms with van der Waals surface area (Å²) in [4.78, 5) is 8.61. The molecule has 0 atom stereocenters. The van der Waals surface area contributed by atoms with Gasteiger partial charge in [0.05, 0.1) is 0 Å². The van der Waals surface area contributed by atoms with Gasteiger partial charge in [0.1, 0.15) is 5.84 Å². The molecule has 162 valence electrons. The number of amidine groups is 1. The first-order chi connectivity index (χ1) is 16.3. The summed E-state index contributed by atoms with van der Waals surface area (Å²) in [6.07, 6.45) is 5.53. The lowest BCUT2D eigenvalue weighted by Gasteiger charge is -2.28. The van der Waals surface area contributed by atoms with Crippen molar-refractivity contribution in [3.05, 3.63) is 100 Å². The SMILES string of the molecule is Cc1ccsc1C=CC1=NCCCN1Cc1cccc2c1ccc1c3ccccc3ccc21. The van der Waals surface area contributed by atoms with Crippen molar-refractivity contribution in [3.8, 4) is 0 Å². The average Bonchev–Trinajstić information content (AvgIpc) is 3.27. The van der Waals surface area contributed by atoms with Crippen LogP contribution in [-0.4, -0.2) is 23.8 Å². The summed E-state index contributed by atoms with van der Waals surface area (Å²) in [5.74, 6) is 1.10. The van der Waals surface area contributed by atoms with Crippen molar-refractivity contribution in [1.29, 1.82) is 0 Å². The molecule has 3 heteroatoms. The summed E-state index contributed by atoms with van der Waals surface area (Å²) >= 11 is 1.79. The number of fused-ring (bicyclic) bond motifs is 5. The fourth-order valence-electron chi connectivity index (χ4n) is 4.96. The summed E-state index contributed by atoms with van der Waals surface area (Å²) in [5.41, 5.74) is 2.69. The number of hydrogen-bond acceptors (Lipinski definition) is 3. The zero-order valence-corrected chi connectivity index (χ0v) is 19.6. The molecule has 1 aromatic heterocycles. The Bertz CT molecular complexity index is 1540. The third-order valence-corrected chi connectivity index (χ3v) is 7.69. The average molecular weight is 447 g/mol. The third-order valence-electron chi connectivity index (χ3n) is 6.70. The van der Waals surface area contributed by atoms with Crippen molar-refractivity contribution in [3.63, 3.8) is 0 Å². The summed E-state index contributed by atoms with van der Waals surface area (Å²) in [6.45, 7) is 5.00. The highest BCUT2D eigenvalue weighted by atomic mass is 32.1. The monoisotopic (exact) mass is 446 g/mol. The van der Waals surface area contributed by atoms with Gasteiger partial charge in [-0.1, -0.05) is 66.7 Å². The van der Waals surface area contributed by atoms with Crippen LogP contribution in [0.15, 0.2) is 89.2 Å².